The van der Waals surface area contributed by atoms with E-state index in [1.807, 2.05) is 12.1 Å². The lowest BCUT2D eigenvalue weighted by Gasteiger charge is -2.10. The van der Waals surface area contributed by atoms with Crippen LogP contribution in [0.5, 0.6) is 5.75 Å². The Kier molecular flexibility index (Phi) is 8.73. The first-order chi connectivity index (χ1) is 9.26. The number of alkyl halides is 1. The number of hydrogen-bond acceptors (Lipinski definition) is 1. The van der Waals surface area contributed by atoms with E-state index in [4.69, 9.17) is 16.3 Å². The number of halogens is 1. The highest BCUT2D eigenvalue weighted by Crippen LogP contribution is 2.19. The van der Waals surface area contributed by atoms with E-state index in [2.05, 4.69) is 19.1 Å². The molecule has 2 heteroatoms. The van der Waals surface area contributed by atoms with Crippen molar-refractivity contribution in [3.05, 3.63) is 29.8 Å². The van der Waals surface area contributed by atoms with Crippen LogP contribution in [0.3, 0.4) is 0 Å². The molecule has 0 heterocycles. The van der Waals surface area contributed by atoms with E-state index < -0.39 is 0 Å². The summed E-state index contributed by atoms with van der Waals surface area (Å²) in [6.45, 7) is 2.25. The maximum atomic E-state index is 6.41. The Labute approximate surface area is 123 Å². The molecule has 0 aliphatic rings. The zero-order valence-corrected chi connectivity index (χ0v) is 13.1. The molecule has 1 aromatic rings. The van der Waals surface area contributed by atoms with Crippen LogP contribution >= 0.6 is 11.6 Å². The molecule has 0 aliphatic heterocycles. The first kappa shape index (κ1) is 16.4. The van der Waals surface area contributed by atoms with Crippen LogP contribution in [0.15, 0.2) is 24.3 Å². The van der Waals surface area contributed by atoms with E-state index in [1.54, 1.807) is 7.11 Å². The molecule has 0 spiro atoms. The highest BCUT2D eigenvalue weighted by molar-refractivity contribution is 6.20. The van der Waals surface area contributed by atoms with Gasteiger partial charge in [-0.3, -0.25) is 0 Å². The molecule has 0 aromatic heterocycles. The highest BCUT2D eigenvalue weighted by atomic mass is 35.5. The molecule has 1 rings (SSSR count). The summed E-state index contributed by atoms with van der Waals surface area (Å²) in [4.78, 5) is 0. The quantitative estimate of drug-likeness (QED) is 0.401. The van der Waals surface area contributed by atoms with Crippen LogP contribution in [0, 0.1) is 0 Å². The fourth-order valence-corrected chi connectivity index (χ4v) is 2.64. The summed E-state index contributed by atoms with van der Waals surface area (Å²) in [5.74, 6) is 0.918. The second-order valence-corrected chi connectivity index (χ2v) is 5.83. The third-order valence-electron chi connectivity index (χ3n) is 3.46. The van der Waals surface area contributed by atoms with Crippen molar-refractivity contribution in [1.29, 1.82) is 0 Å². The lowest BCUT2D eigenvalue weighted by Crippen LogP contribution is -2.03. The largest absolute Gasteiger partial charge is 0.497 e. The van der Waals surface area contributed by atoms with Gasteiger partial charge in [-0.05, 0) is 30.5 Å². The van der Waals surface area contributed by atoms with E-state index >= 15 is 0 Å². The van der Waals surface area contributed by atoms with Crippen molar-refractivity contribution >= 4 is 11.6 Å². The normalized spacial score (nSPS) is 12.4. The monoisotopic (exact) mass is 282 g/mol. The van der Waals surface area contributed by atoms with Gasteiger partial charge in [0.15, 0.2) is 0 Å². The fourth-order valence-electron chi connectivity index (χ4n) is 2.30. The average molecular weight is 283 g/mol. The molecule has 0 bridgehead atoms. The zero-order chi connectivity index (χ0) is 13.9. The van der Waals surface area contributed by atoms with Gasteiger partial charge in [-0.1, -0.05) is 57.6 Å². The number of unbranched alkanes of at least 4 members (excludes halogenated alkanes) is 5. The Morgan fingerprint density at radius 1 is 1.11 bits per heavy atom. The van der Waals surface area contributed by atoms with E-state index in [9.17, 15) is 0 Å². The van der Waals surface area contributed by atoms with Gasteiger partial charge in [0.05, 0.1) is 7.11 Å². The number of benzene rings is 1. The molecule has 0 fully saturated rings. The van der Waals surface area contributed by atoms with Crippen LogP contribution in [0.25, 0.3) is 0 Å². The smallest absolute Gasteiger partial charge is 0.119 e. The predicted octanol–water partition coefficient (Wildman–Crippen LogP) is 5.60. The molecule has 1 aromatic carbocycles. The number of ether oxygens (including phenoxy) is 1. The lowest BCUT2D eigenvalue weighted by atomic mass is 10.0. The minimum Gasteiger partial charge on any atom is -0.497 e. The molecule has 19 heavy (non-hydrogen) atoms. The molecule has 0 aliphatic carbocycles. The molecule has 1 nitrogen and oxygen atoms in total. The molecule has 0 saturated carbocycles. The average Bonchev–Trinajstić information content (AvgIpc) is 2.43. The Morgan fingerprint density at radius 3 is 2.58 bits per heavy atom. The van der Waals surface area contributed by atoms with E-state index in [0.29, 0.717) is 0 Å². The van der Waals surface area contributed by atoms with Crippen LogP contribution in [-0.2, 0) is 6.42 Å². The lowest BCUT2D eigenvalue weighted by molar-refractivity contribution is 0.414. The molecule has 1 unspecified atom stereocenters. The van der Waals surface area contributed by atoms with Crippen molar-refractivity contribution in [1.82, 2.24) is 0 Å². The second-order valence-electron chi connectivity index (χ2n) is 5.21. The standard InChI is InChI=1S/C17H27ClO/c1-3-4-5-6-7-8-11-16(18)13-15-10-9-12-17(14-15)19-2/h9-10,12,14,16H,3-8,11,13H2,1-2H3. The Balaban J connectivity index is 2.17. The van der Waals surface area contributed by atoms with Crippen molar-refractivity contribution in [2.75, 3.05) is 7.11 Å². The maximum absolute atomic E-state index is 6.41. The zero-order valence-electron chi connectivity index (χ0n) is 12.3. The van der Waals surface area contributed by atoms with Gasteiger partial charge in [0, 0.05) is 5.38 Å². The minimum atomic E-state index is 0.248. The molecule has 0 radical (unpaired) electrons. The summed E-state index contributed by atoms with van der Waals surface area (Å²) < 4.78 is 5.23. The van der Waals surface area contributed by atoms with Gasteiger partial charge in [-0.15, -0.1) is 11.6 Å². The summed E-state index contributed by atoms with van der Waals surface area (Å²) in [6, 6.07) is 8.21. The molecular formula is C17H27ClO. The fraction of sp³-hybridized carbons (Fsp3) is 0.647. The molecular weight excluding hydrogens is 256 g/mol. The van der Waals surface area contributed by atoms with E-state index in [0.717, 1.165) is 18.6 Å². The first-order valence-electron chi connectivity index (χ1n) is 7.53. The third kappa shape index (κ3) is 7.47. The molecule has 1 atom stereocenters. The van der Waals surface area contributed by atoms with Crippen LogP contribution in [0.2, 0.25) is 0 Å². The van der Waals surface area contributed by atoms with Crippen molar-refractivity contribution in [2.45, 2.75) is 63.7 Å². The van der Waals surface area contributed by atoms with Crippen LogP contribution in [0.4, 0.5) is 0 Å². The van der Waals surface area contributed by atoms with E-state index in [-0.39, 0.29) is 5.38 Å². The van der Waals surface area contributed by atoms with Crippen LogP contribution < -0.4 is 4.74 Å². The van der Waals surface area contributed by atoms with Crippen molar-refractivity contribution < 1.29 is 4.74 Å². The summed E-state index contributed by atoms with van der Waals surface area (Å²) in [5.41, 5.74) is 1.27. The summed E-state index contributed by atoms with van der Waals surface area (Å²) in [6.07, 6.45) is 10.0. The van der Waals surface area contributed by atoms with Gasteiger partial charge in [-0.2, -0.15) is 0 Å². The maximum Gasteiger partial charge on any atom is 0.119 e. The van der Waals surface area contributed by atoms with E-state index in [1.165, 1.54) is 44.1 Å². The number of hydrogen-bond donors (Lipinski definition) is 0. The first-order valence-corrected chi connectivity index (χ1v) is 7.97. The van der Waals surface area contributed by atoms with Crippen molar-refractivity contribution in [3.63, 3.8) is 0 Å². The Bertz CT molecular complexity index is 338. The van der Waals surface area contributed by atoms with Crippen LogP contribution in [0.1, 0.15) is 57.4 Å². The van der Waals surface area contributed by atoms with Gasteiger partial charge in [0.1, 0.15) is 5.75 Å². The van der Waals surface area contributed by atoms with Crippen molar-refractivity contribution in [3.8, 4) is 5.75 Å². The predicted molar refractivity (Wildman–Crippen MR) is 84.3 cm³/mol. The van der Waals surface area contributed by atoms with Crippen molar-refractivity contribution in [2.24, 2.45) is 0 Å². The van der Waals surface area contributed by atoms with Gasteiger partial charge in [0.25, 0.3) is 0 Å². The van der Waals surface area contributed by atoms with Crippen LogP contribution in [-0.4, -0.2) is 12.5 Å². The highest BCUT2D eigenvalue weighted by Gasteiger charge is 2.06. The molecule has 0 N–H and O–H groups in total. The second kappa shape index (κ2) is 10.1. The van der Waals surface area contributed by atoms with Gasteiger partial charge >= 0.3 is 0 Å². The summed E-state index contributed by atoms with van der Waals surface area (Å²) >= 11 is 6.41. The molecule has 108 valence electrons. The van der Waals surface area contributed by atoms with Gasteiger partial charge in [0.2, 0.25) is 0 Å². The molecule has 0 saturated heterocycles. The van der Waals surface area contributed by atoms with Gasteiger partial charge < -0.3 is 4.74 Å². The van der Waals surface area contributed by atoms with Gasteiger partial charge in [-0.25, -0.2) is 0 Å². The summed E-state index contributed by atoms with van der Waals surface area (Å²) in [7, 11) is 1.70. The number of methoxy groups -OCH3 is 1. The SMILES string of the molecule is CCCCCCCCC(Cl)Cc1cccc(OC)c1. The summed E-state index contributed by atoms with van der Waals surface area (Å²) in [5, 5.41) is 0.248. The number of rotatable bonds is 10. The molecule has 0 amide bonds. The third-order valence-corrected chi connectivity index (χ3v) is 3.83. The topological polar surface area (TPSA) is 9.23 Å². The Morgan fingerprint density at radius 2 is 1.84 bits per heavy atom. The Hall–Kier alpha value is -0.690. The minimum absolute atomic E-state index is 0.248.